The topological polar surface area (TPSA) is 17.1 Å². The Hall–Kier alpha value is -1.89. The highest BCUT2D eigenvalue weighted by atomic mass is 16.1. The standard InChI is InChI=1S/C24H30O/c1-18-7-6-10-23(19(18)2)24(25)17-22-15-13-21(14-16-22)12-11-20-8-4-3-5-9-20/h3-10,21-22H,11-17H2,1-2H3. The van der Waals surface area contributed by atoms with E-state index in [1.165, 1.54) is 49.7 Å². The van der Waals surface area contributed by atoms with Gasteiger partial charge in [0, 0.05) is 12.0 Å². The second-order valence-electron chi connectivity index (χ2n) is 7.79. The van der Waals surface area contributed by atoms with Gasteiger partial charge in [0.2, 0.25) is 0 Å². The van der Waals surface area contributed by atoms with Crippen molar-refractivity contribution in [3.8, 4) is 0 Å². The van der Waals surface area contributed by atoms with Gasteiger partial charge >= 0.3 is 0 Å². The number of ketones is 1. The molecule has 0 radical (unpaired) electrons. The van der Waals surface area contributed by atoms with Crippen LogP contribution in [-0.4, -0.2) is 5.78 Å². The Morgan fingerprint density at radius 2 is 1.56 bits per heavy atom. The molecule has 2 aromatic rings. The SMILES string of the molecule is Cc1cccc(C(=O)CC2CCC(CCc3ccccc3)CC2)c1C. The highest BCUT2D eigenvalue weighted by Gasteiger charge is 2.24. The number of hydrogen-bond donors (Lipinski definition) is 0. The first-order valence-electron chi connectivity index (χ1n) is 9.77. The van der Waals surface area contributed by atoms with E-state index in [2.05, 4.69) is 50.2 Å². The van der Waals surface area contributed by atoms with E-state index in [-0.39, 0.29) is 0 Å². The molecular formula is C24H30O. The van der Waals surface area contributed by atoms with Crippen LogP contribution in [-0.2, 0) is 6.42 Å². The smallest absolute Gasteiger partial charge is 0.163 e. The van der Waals surface area contributed by atoms with Gasteiger partial charge in [-0.05, 0) is 68.1 Å². The summed E-state index contributed by atoms with van der Waals surface area (Å²) in [5.41, 5.74) is 4.76. The minimum absolute atomic E-state index is 0.342. The molecule has 0 bridgehead atoms. The van der Waals surface area contributed by atoms with Crippen LogP contribution in [0, 0.1) is 25.7 Å². The van der Waals surface area contributed by atoms with Gasteiger partial charge in [0.25, 0.3) is 0 Å². The fraction of sp³-hybridized carbons (Fsp3) is 0.458. The van der Waals surface area contributed by atoms with Gasteiger partial charge in [0.15, 0.2) is 5.78 Å². The summed E-state index contributed by atoms with van der Waals surface area (Å²) in [6.45, 7) is 4.16. The highest BCUT2D eigenvalue weighted by molar-refractivity contribution is 5.97. The molecule has 0 atom stereocenters. The van der Waals surface area contributed by atoms with Gasteiger partial charge in [-0.3, -0.25) is 4.79 Å². The molecule has 1 nitrogen and oxygen atoms in total. The van der Waals surface area contributed by atoms with Crippen LogP contribution in [0.15, 0.2) is 48.5 Å². The number of aryl methyl sites for hydroxylation is 2. The maximum absolute atomic E-state index is 12.7. The first kappa shape index (κ1) is 17.9. The van der Waals surface area contributed by atoms with Crippen LogP contribution < -0.4 is 0 Å². The average molecular weight is 335 g/mol. The largest absolute Gasteiger partial charge is 0.294 e. The van der Waals surface area contributed by atoms with Crippen molar-refractivity contribution in [2.24, 2.45) is 11.8 Å². The lowest BCUT2D eigenvalue weighted by molar-refractivity contribution is 0.0941. The minimum Gasteiger partial charge on any atom is -0.294 e. The minimum atomic E-state index is 0.342. The number of rotatable bonds is 6. The van der Waals surface area contributed by atoms with Crippen LogP contribution in [0.25, 0.3) is 0 Å². The van der Waals surface area contributed by atoms with Crippen molar-refractivity contribution in [2.45, 2.75) is 58.8 Å². The molecule has 1 aliphatic carbocycles. The van der Waals surface area contributed by atoms with Crippen molar-refractivity contribution in [1.82, 2.24) is 0 Å². The number of benzene rings is 2. The molecule has 0 unspecified atom stereocenters. The van der Waals surface area contributed by atoms with E-state index in [4.69, 9.17) is 0 Å². The van der Waals surface area contributed by atoms with Gasteiger partial charge in [0.05, 0.1) is 0 Å². The van der Waals surface area contributed by atoms with Gasteiger partial charge in [-0.15, -0.1) is 0 Å². The van der Waals surface area contributed by atoms with Gasteiger partial charge in [-0.1, -0.05) is 61.4 Å². The summed E-state index contributed by atoms with van der Waals surface area (Å²) < 4.78 is 0. The van der Waals surface area contributed by atoms with E-state index in [0.29, 0.717) is 11.7 Å². The van der Waals surface area contributed by atoms with E-state index in [9.17, 15) is 4.79 Å². The number of carbonyl (C=O) groups excluding carboxylic acids is 1. The third-order valence-electron chi connectivity index (χ3n) is 6.03. The van der Waals surface area contributed by atoms with Crippen LogP contribution in [0.5, 0.6) is 0 Å². The van der Waals surface area contributed by atoms with Crippen LogP contribution in [0.3, 0.4) is 0 Å². The molecule has 1 fully saturated rings. The Labute approximate surface area is 152 Å². The molecule has 0 N–H and O–H groups in total. The molecule has 3 rings (SSSR count). The zero-order chi connectivity index (χ0) is 17.6. The normalized spacial score (nSPS) is 20.4. The van der Waals surface area contributed by atoms with Crippen molar-refractivity contribution in [1.29, 1.82) is 0 Å². The Morgan fingerprint density at radius 1 is 0.880 bits per heavy atom. The first-order valence-corrected chi connectivity index (χ1v) is 9.77. The summed E-state index contributed by atoms with van der Waals surface area (Å²) in [5, 5.41) is 0. The quantitative estimate of drug-likeness (QED) is 0.565. The third kappa shape index (κ3) is 4.81. The second-order valence-corrected chi connectivity index (χ2v) is 7.79. The molecule has 0 heterocycles. The highest BCUT2D eigenvalue weighted by Crippen LogP contribution is 2.34. The van der Waals surface area contributed by atoms with Gasteiger partial charge in [-0.2, -0.15) is 0 Å². The van der Waals surface area contributed by atoms with Gasteiger partial charge < -0.3 is 0 Å². The summed E-state index contributed by atoms with van der Waals surface area (Å²) in [5.74, 6) is 1.77. The van der Waals surface area contributed by atoms with Crippen molar-refractivity contribution in [3.05, 3.63) is 70.8 Å². The maximum atomic E-state index is 12.7. The number of Topliss-reactive ketones (excluding diaryl/α,β-unsaturated/α-hetero) is 1. The van der Waals surface area contributed by atoms with E-state index >= 15 is 0 Å². The Kier molecular flexibility index (Phi) is 6.07. The average Bonchev–Trinajstić information content (AvgIpc) is 2.64. The summed E-state index contributed by atoms with van der Waals surface area (Å²) in [6.07, 6.45) is 8.23. The maximum Gasteiger partial charge on any atom is 0.163 e. The van der Waals surface area contributed by atoms with Gasteiger partial charge in [0.1, 0.15) is 0 Å². The van der Waals surface area contributed by atoms with Crippen LogP contribution >= 0.6 is 0 Å². The van der Waals surface area contributed by atoms with Crippen LogP contribution in [0.1, 0.15) is 65.6 Å². The second kappa shape index (κ2) is 8.47. The van der Waals surface area contributed by atoms with Crippen LogP contribution in [0.2, 0.25) is 0 Å². The lowest BCUT2D eigenvalue weighted by atomic mass is 9.77. The van der Waals surface area contributed by atoms with Crippen molar-refractivity contribution < 1.29 is 4.79 Å². The van der Waals surface area contributed by atoms with Crippen molar-refractivity contribution in [3.63, 3.8) is 0 Å². The number of hydrogen-bond acceptors (Lipinski definition) is 1. The molecule has 1 heteroatoms. The lowest BCUT2D eigenvalue weighted by Gasteiger charge is -2.28. The molecule has 1 aliphatic rings. The lowest BCUT2D eigenvalue weighted by Crippen LogP contribution is -2.18. The summed E-state index contributed by atoms with van der Waals surface area (Å²) in [6, 6.07) is 16.9. The molecular weight excluding hydrogens is 304 g/mol. The van der Waals surface area contributed by atoms with Gasteiger partial charge in [-0.25, -0.2) is 0 Å². The molecule has 0 spiro atoms. The zero-order valence-corrected chi connectivity index (χ0v) is 15.6. The molecule has 0 aromatic heterocycles. The molecule has 0 saturated heterocycles. The molecule has 1 saturated carbocycles. The molecule has 132 valence electrons. The Morgan fingerprint density at radius 3 is 2.28 bits per heavy atom. The zero-order valence-electron chi connectivity index (χ0n) is 15.6. The Bertz CT molecular complexity index is 693. The van der Waals surface area contributed by atoms with E-state index in [0.717, 1.165) is 23.5 Å². The molecule has 25 heavy (non-hydrogen) atoms. The van der Waals surface area contributed by atoms with E-state index in [1.807, 2.05) is 12.1 Å². The molecule has 0 aliphatic heterocycles. The van der Waals surface area contributed by atoms with Crippen molar-refractivity contribution in [2.75, 3.05) is 0 Å². The molecule has 0 amide bonds. The van der Waals surface area contributed by atoms with Crippen LogP contribution in [0.4, 0.5) is 0 Å². The predicted molar refractivity (Wildman–Crippen MR) is 105 cm³/mol. The third-order valence-corrected chi connectivity index (χ3v) is 6.03. The summed E-state index contributed by atoms with van der Waals surface area (Å²) >= 11 is 0. The fourth-order valence-corrected chi connectivity index (χ4v) is 4.17. The predicted octanol–water partition coefficient (Wildman–Crippen LogP) is 6.32. The fourth-order valence-electron chi connectivity index (χ4n) is 4.17. The Balaban J connectivity index is 1.46. The monoisotopic (exact) mass is 334 g/mol. The number of carbonyl (C=O) groups is 1. The summed E-state index contributed by atoms with van der Waals surface area (Å²) in [7, 11) is 0. The molecule has 2 aromatic carbocycles. The van der Waals surface area contributed by atoms with E-state index in [1.54, 1.807) is 0 Å². The van der Waals surface area contributed by atoms with Crippen molar-refractivity contribution >= 4 is 5.78 Å². The first-order chi connectivity index (χ1) is 12.1. The summed E-state index contributed by atoms with van der Waals surface area (Å²) in [4.78, 5) is 12.7. The van der Waals surface area contributed by atoms with E-state index < -0.39 is 0 Å².